The molecule has 0 unspecified atom stereocenters. The summed E-state index contributed by atoms with van der Waals surface area (Å²) in [6.07, 6.45) is 7.97. The van der Waals surface area contributed by atoms with Gasteiger partial charge in [-0.25, -0.2) is 0 Å². The molecule has 0 radical (unpaired) electrons. The second-order valence-corrected chi connectivity index (χ2v) is 8.46. The fraction of sp³-hybridized carbons (Fsp3) is 0.947. The summed E-state index contributed by atoms with van der Waals surface area (Å²) in [6, 6.07) is 0.385. The average molecular weight is 337 g/mol. The van der Waals surface area contributed by atoms with Crippen molar-refractivity contribution in [3.8, 4) is 0 Å². The number of hydrogen-bond acceptors (Lipinski definition) is 4. The molecule has 2 heterocycles. The van der Waals surface area contributed by atoms with Gasteiger partial charge in [-0.05, 0) is 45.7 Å². The molecule has 1 saturated carbocycles. The number of carbonyl (C=O) groups excluding carboxylic acids is 1. The molecule has 3 rings (SSSR count). The molecule has 24 heavy (non-hydrogen) atoms. The van der Waals surface area contributed by atoms with Crippen molar-refractivity contribution in [2.24, 2.45) is 11.8 Å². The van der Waals surface area contributed by atoms with Gasteiger partial charge in [0.25, 0.3) is 0 Å². The van der Waals surface area contributed by atoms with Crippen molar-refractivity contribution >= 4 is 5.91 Å². The highest BCUT2D eigenvalue weighted by atomic mass is 16.2. The monoisotopic (exact) mass is 336 g/mol. The van der Waals surface area contributed by atoms with E-state index in [-0.39, 0.29) is 11.8 Å². The molecular formula is C19H36N4O. The quantitative estimate of drug-likeness (QED) is 0.839. The van der Waals surface area contributed by atoms with Gasteiger partial charge in [-0.1, -0.05) is 12.8 Å². The van der Waals surface area contributed by atoms with Crippen molar-refractivity contribution in [3.63, 3.8) is 0 Å². The van der Waals surface area contributed by atoms with Crippen molar-refractivity contribution in [1.29, 1.82) is 0 Å². The highest BCUT2D eigenvalue weighted by Crippen LogP contribution is 2.26. The second kappa shape index (κ2) is 8.63. The van der Waals surface area contributed by atoms with Gasteiger partial charge in [0.2, 0.25) is 5.91 Å². The smallest absolute Gasteiger partial charge is 0.225 e. The lowest BCUT2D eigenvalue weighted by molar-refractivity contribution is -0.126. The first kappa shape index (κ1) is 18.2. The minimum Gasteiger partial charge on any atom is -0.353 e. The molecule has 5 heteroatoms. The zero-order valence-electron chi connectivity index (χ0n) is 15.7. The number of nitrogens with one attached hydrogen (secondary N) is 1. The Morgan fingerprint density at radius 2 is 1.50 bits per heavy atom. The van der Waals surface area contributed by atoms with Crippen molar-refractivity contribution in [3.05, 3.63) is 0 Å². The van der Waals surface area contributed by atoms with E-state index < -0.39 is 0 Å². The van der Waals surface area contributed by atoms with Crippen LogP contribution in [0.3, 0.4) is 0 Å². The summed E-state index contributed by atoms with van der Waals surface area (Å²) >= 11 is 0. The lowest BCUT2D eigenvalue weighted by Gasteiger charge is -2.34. The van der Waals surface area contributed by atoms with E-state index in [2.05, 4.69) is 34.1 Å². The van der Waals surface area contributed by atoms with Crippen LogP contribution in [0.4, 0.5) is 0 Å². The van der Waals surface area contributed by atoms with Gasteiger partial charge in [0, 0.05) is 51.9 Å². The number of hydrogen-bond donors (Lipinski definition) is 1. The number of likely N-dealkylation sites (N-methyl/N-ethyl adjacent to an activating group) is 2. The summed E-state index contributed by atoms with van der Waals surface area (Å²) < 4.78 is 0. The molecule has 3 fully saturated rings. The van der Waals surface area contributed by atoms with Crippen LogP contribution in [0, 0.1) is 11.8 Å². The molecule has 0 bridgehead atoms. The van der Waals surface area contributed by atoms with Gasteiger partial charge in [-0.15, -0.1) is 0 Å². The summed E-state index contributed by atoms with van der Waals surface area (Å²) in [4.78, 5) is 19.9. The number of carbonyl (C=O) groups is 1. The predicted molar refractivity (Wildman–Crippen MR) is 98.0 cm³/mol. The minimum absolute atomic E-state index is 0.110. The molecule has 0 atom stereocenters. The second-order valence-electron chi connectivity index (χ2n) is 8.46. The minimum atomic E-state index is 0.110. The third-order valence-electron chi connectivity index (χ3n) is 6.22. The van der Waals surface area contributed by atoms with Crippen molar-refractivity contribution in [2.75, 3.05) is 59.9 Å². The fourth-order valence-corrected chi connectivity index (χ4v) is 4.64. The van der Waals surface area contributed by atoms with Crippen LogP contribution in [0.15, 0.2) is 0 Å². The van der Waals surface area contributed by atoms with Gasteiger partial charge in [-0.3, -0.25) is 4.79 Å². The maximum absolute atomic E-state index is 12.7. The van der Waals surface area contributed by atoms with Crippen LogP contribution in [-0.2, 0) is 4.79 Å². The van der Waals surface area contributed by atoms with E-state index in [1.165, 1.54) is 32.2 Å². The van der Waals surface area contributed by atoms with Gasteiger partial charge < -0.3 is 20.0 Å². The lowest BCUT2D eigenvalue weighted by Crippen LogP contribution is -2.49. The molecular weight excluding hydrogens is 300 g/mol. The van der Waals surface area contributed by atoms with Crippen LogP contribution in [0.5, 0.6) is 0 Å². The van der Waals surface area contributed by atoms with Crippen LogP contribution in [0.25, 0.3) is 0 Å². The Hall–Kier alpha value is -0.650. The standard InChI is InChI=1S/C19H36N4O/c1-21-11-12-22(2)15-17(14-21)19(24)20-18-7-9-23(10-8-18)13-16-5-3-4-6-16/h16-18H,3-15H2,1-2H3,(H,20,24). The molecule has 0 spiro atoms. The van der Waals surface area contributed by atoms with Crippen molar-refractivity contribution in [2.45, 2.75) is 44.6 Å². The van der Waals surface area contributed by atoms with Crippen LogP contribution in [-0.4, -0.2) is 86.6 Å². The van der Waals surface area contributed by atoms with Gasteiger partial charge >= 0.3 is 0 Å². The predicted octanol–water partition coefficient (Wildman–Crippen LogP) is 1.25. The van der Waals surface area contributed by atoms with Gasteiger partial charge in [-0.2, -0.15) is 0 Å². The molecule has 2 saturated heterocycles. The number of likely N-dealkylation sites (tertiary alicyclic amines) is 1. The lowest BCUT2D eigenvalue weighted by atomic mass is 10.0. The van der Waals surface area contributed by atoms with Crippen molar-refractivity contribution < 1.29 is 4.79 Å². The Balaban J connectivity index is 1.40. The van der Waals surface area contributed by atoms with E-state index in [9.17, 15) is 4.79 Å². The van der Waals surface area contributed by atoms with E-state index in [4.69, 9.17) is 0 Å². The number of rotatable bonds is 4. The molecule has 5 nitrogen and oxygen atoms in total. The van der Waals surface area contributed by atoms with Crippen LogP contribution < -0.4 is 5.32 Å². The molecule has 138 valence electrons. The number of nitrogens with zero attached hydrogens (tertiary/aromatic N) is 3. The SMILES string of the molecule is CN1CCN(C)CC(C(=O)NC2CCN(CC3CCCC3)CC2)C1. The number of amides is 1. The molecule has 1 amide bonds. The van der Waals surface area contributed by atoms with Crippen LogP contribution in [0.2, 0.25) is 0 Å². The normalized spacial score (nSPS) is 27.4. The summed E-state index contributed by atoms with van der Waals surface area (Å²) in [5.41, 5.74) is 0. The highest BCUT2D eigenvalue weighted by Gasteiger charge is 2.28. The molecule has 3 aliphatic rings. The fourth-order valence-electron chi connectivity index (χ4n) is 4.64. The van der Waals surface area contributed by atoms with Crippen molar-refractivity contribution in [1.82, 2.24) is 20.0 Å². The zero-order chi connectivity index (χ0) is 16.9. The molecule has 0 aromatic carbocycles. The average Bonchev–Trinajstić information content (AvgIpc) is 3.00. The van der Waals surface area contributed by atoms with E-state index >= 15 is 0 Å². The van der Waals surface area contributed by atoms with Gasteiger partial charge in [0.1, 0.15) is 0 Å². The zero-order valence-corrected chi connectivity index (χ0v) is 15.7. The third kappa shape index (κ3) is 5.17. The maximum atomic E-state index is 12.7. The topological polar surface area (TPSA) is 38.8 Å². The van der Waals surface area contributed by atoms with E-state index in [0.29, 0.717) is 6.04 Å². The van der Waals surface area contributed by atoms with Crippen LogP contribution >= 0.6 is 0 Å². The summed E-state index contributed by atoms with van der Waals surface area (Å²) in [7, 11) is 4.25. The molecule has 2 aliphatic heterocycles. The largest absolute Gasteiger partial charge is 0.353 e. The van der Waals surface area contributed by atoms with Gasteiger partial charge in [0.05, 0.1) is 5.92 Å². The van der Waals surface area contributed by atoms with E-state index in [0.717, 1.165) is 58.0 Å². The highest BCUT2D eigenvalue weighted by molar-refractivity contribution is 5.79. The van der Waals surface area contributed by atoms with E-state index in [1.54, 1.807) is 0 Å². The van der Waals surface area contributed by atoms with Crippen LogP contribution in [0.1, 0.15) is 38.5 Å². The summed E-state index contributed by atoms with van der Waals surface area (Å²) in [5, 5.41) is 3.35. The summed E-state index contributed by atoms with van der Waals surface area (Å²) in [6.45, 7) is 7.49. The molecule has 1 aliphatic carbocycles. The Bertz CT molecular complexity index is 390. The first-order valence-electron chi connectivity index (χ1n) is 10.00. The third-order valence-corrected chi connectivity index (χ3v) is 6.22. The van der Waals surface area contributed by atoms with E-state index in [1.807, 2.05) is 0 Å². The first-order valence-corrected chi connectivity index (χ1v) is 10.00. The summed E-state index contributed by atoms with van der Waals surface area (Å²) in [5.74, 6) is 1.32. The Morgan fingerprint density at radius 3 is 2.08 bits per heavy atom. The van der Waals surface area contributed by atoms with Gasteiger partial charge in [0.15, 0.2) is 0 Å². The molecule has 1 N–H and O–H groups in total. The Morgan fingerprint density at radius 1 is 0.917 bits per heavy atom. The molecule has 0 aromatic rings. The Kier molecular flexibility index (Phi) is 6.53. The Labute approximate surface area is 147 Å². The maximum Gasteiger partial charge on any atom is 0.225 e. The first-order chi connectivity index (χ1) is 11.6. The number of piperidine rings is 1. The molecule has 0 aromatic heterocycles.